The predicted molar refractivity (Wildman–Crippen MR) is 105 cm³/mol. The van der Waals surface area contributed by atoms with Crippen LogP contribution in [0.4, 0.5) is 0 Å². The van der Waals surface area contributed by atoms with Crippen molar-refractivity contribution < 1.29 is 9.47 Å². The van der Waals surface area contributed by atoms with Crippen LogP contribution in [0.5, 0.6) is 23.0 Å². The summed E-state index contributed by atoms with van der Waals surface area (Å²) in [5, 5.41) is 0. The Kier molecular flexibility index (Phi) is 4.66. The molecule has 0 fully saturated rings. The molecule has 0 heterocycles. The lowest BCUT2D eigenvalue weighted by Crippen LogP contribution is -1.86. The summed E-state index contributed by atoms with van der Waals surface area (Å²) in [6, 6.07) is 35.7. The maximum atomic E-state index is 5.92. The Morgan fingerprint density at radius 3 is 1.46 bits per heavy atom. The molecule has 0 aliphatic heterocycles. The van der Waals surface area contributed by atoms with Crippen LogP contribution in [0.15, 0.2) is 109 Å². The molecule has 0 aromatic heterocycles. The third-order valence-corrected chi connectivity index (χ3v) is 3.98. The Balaban J connectivity index is 1.51. The standard InChI is InChI=1S/C24H18O2/c1-3-9-21(10-4-1)25-23-16-14-19(15-17-23)20-8-7-13-24(18-20)26-22-11-5-2-6-12-22/h1-18H. The van der Waals surface area contributed by atoms with E-state index in [0.717, 1.165) is 34.1 Å². The summed E-state index contributed by atoms with van der Waals surface area (Å²) < 4.78 is 11.8. The highest BCUT2D eigenvalue weighted by molar-refractivity contribution is 5.66. The summed E-state index contributed by atoms with van der Waals surface area (Å²) in [6.45, 7) is 0. The third-order valence-electron chi connectivity index (χ3n) is 3.98. The zero-order valence-electron chi connectivity index (χ0n) is 14.2. The van der Waals surface area contributed by atoms with E-state index in [4.69, 9.17) is 9.47 Å². The van der Waals surface area contributed by atoms with Gasteiger partial charge in [-0.25, -0.2) is 0 Å². The van der Waals surface area contributed by atoms with E-state index in [2.05, 4.69) is 18.2 Å². The number of rotatable bonds is 5. The van der Waals surface area contributed by atoms with E-state index in [1.165, 1.54) is 0 Å². The summed E-state index contributed by atoms with van der Waals surface area (Å²) in [5.41, 5.74) is 2.22. The second-order valence-corrected chi connectivity index (χ2v) is 5.88. The van der Waals surface area contributed by atoms with Crippen LogP contribution in [-0.4, -0.2) is 0 Å². The SMILES string of the molecule is c1ccc(Oc2ccc(-c3cccc(Oc4ccccc4)c3)cc2)cc1. The Morgan fingerprint density at radius 1 is 0.346 bits per heavy atom. The largest absolute Gasteiger partial charge is 0.457 e. The highest BCUT2D eigenvalue weighted by Crippen LogP contribution is 2.29. The van der Waals surface area contributed by atoms with Crippen LogP contribution in [0.1, 0.15) is 0 Å². The normalized spacial score (nSPS) is 10.3. The second-order valence-electron chi connectivity index (χ2n) is 5.88. The van der Waals surface area contributed by atoms with Gasteiger partial charge in [0.25, 0.3) is 0 Å². The van der Waals surface area contributed by atoms with E-state index in [0.29, 0.717) is 0 Å². The smallest absolute Gasteiger partial charge is 0.128 e. The first-order chi connectivity index (χ1) is 12.9. The Morgan fingerprint density at radius 2 is 0.846 bits per heavy atom. The molecule has 0 spiro atoms. The van der Waals surface area contributed by atoms with Gasteiger partial charge in [0.1, 0.15) is 23.0 Å². The lowest BCUT2D eigenvalue weighted by atomic mass is 10.1. The maximum absolute atomic E-state index is 5.92. The van der Waals surface area contributed by atoms with Crippen molar-refractivity contribution in [3.8, 4) is 34.1 Å². The summed E-state index contributed by atoms with van der Waals surface area (Å²) in [7, 11) is 0. The number of ether oxygens (including phenoxy) is 2. The summed E-state index contributed by atoms with van der Waals surface area (Å²) in [5.74, 6) is 3.30. The molecule has 0 aliphatic carbocycles. The molecule has 0 atom stereocenters. The van der Waals surface area contributed by atoms with Gasteiger partial charge in [0.2, 0.25) is 0 Å². The number of hydrogen-bond acceptors (Lipinski definition) is 2. The van der Waals surface area contributed by atoms with Crippen LogP contribution in [0.2, 0.25) is 0 Å². The number of hydrogen-bond donors (Lipinski definition) is 0. The van der Waals surface area contributed by atoms with Crippen molar-refractivity contribution in [3.05, 3.63) is 109 Å². The van der Waals surface area contributed by atoms with E-state index in [1.54, 1.807) is 0 Å². The van der Waals surface area contributed by atoms with Gasteiger partial charge in [-0.15, -0.1) is 0 Å². The van der Waals surface area contributed by atoms with Crippen LogP contribution in [0.25, 0.3) is 11.1 Å². The molecule has 4 aromatic carbocycles. The van der Waals surface area contributed by atoms with Crippen molar-refractivity contribution in [2.24, 2.45) is 0 Å². The highest BCUT2D eigenvalue weighted by atomic mass is 16.5. The lowest BCUT2D eigenvalue weighted by molar-refractivity contribution is 0.482. The molecule has 0 amide bonds. The Bertz CT molecular complexity index is 962. The molecule has 0 bridgehead atoms. The van der Waals surface area contributed by atoms with Gasteiger partial charge < -0.3 is 9.47 Å². The molecule has 0 N–H and O–H groups in total. The molecular formula is C24H18O2. The third kappa shape index (κ3) is 3.93. The number of para-hydroxylation sites is 2. The second kappa shape index (κ2) is 7.58. The average molecular weight is 338 g/mol. The van der Waals surface area contributed by atoms with Crippen molar-refractivity contribution in [2.75, 3.05) is 0 Å². The molecule has 4 aromatic rings. The average Bonchev–Trinajstić information content (AvgIpc) is 2.70. The number of benzene rings is 4. The quantitative estimate of drug-likeness (QED) is 0.392. The molecular weight excluding hydrogens is 320 g/mol. The van der Waals surface area contributed by atoms with Crippen molar-refractivity contribution in [1.82, 2.24) is 0 Å². The maximum Gasteiger partial charge on any atom is 0.128 e. The molecule has 26 heavy (non-hydrogen) atoms. The fraction of sp³-hybridized carbons (Fsp3) is 0. The molecule has 0 saturated carbocycles. The van der Waals surface area contributed by atoms with Crippen LogP contribution < -0.4 is 9.47 Å². The Labute approximate surface area is 153 Å². The van der Waals surface area contributed by atoms with Gasteiger partial charge in [-0.2, -0.15) is 0 Å². The molecule has 2 nitrogen and oxygen atoms in total. The summed E-state index contributed by atoms with van der Waals surface area (Å²) in [6.07, 6.45) is 0. The first-order valence-electron chi connectivity index (χ1n) is 8.53. The van der Waals surface area contributed by atoms with E-state index in [-0.39, 0.29) is 0 Å². The van der Waals surface area contributed by atoms with Gasteiger partial charge in [-0.3, -0.25) is 0 Å². The van der Waals surface area contributed by atoms with Crippen LogP contribution in [-0.2, 0) is 0 Å². The zero-order valence-corrected chi connectivity index (χ0v) is 14.2. The van der Waals surface area contributed by atoms with Crippen LogP contribution >= 0.6 is 0 Å². The van der Waals surface area contributed by atoms with Gasteiger partial charge in [0, 0.05) is 0 Å². The van der Waals surface area contributed by atoms with E-state index in [1.807, 2.05) is 91.0 Å². The van der Waals surface area contributed by atoms with Crippen molar-refractivity contribution >= 4 is 0 Å². The molecule has 126 valence electrons. The molecule has 4 rings (SSSR count). The first kappa shape index (κ1) is 16.0. The van der Waals surface area contributed by atoms with E-state index in [9.17, 15) is 0 Å². The fourth-order valence-corrected chi connectivity index (χ4v) is 2.70. The summed E-state index contributed by atoms with van der Waals surface area (Å²) >= 11 is 0. The molecule has 0 radical (unpaired) electrons. The molecule has 0 unspecified atom stereocenters. The van der Waals surface area contributed by atoms with Gasteiger partial charge >= 0.3 is 0 Å². The van der Waals surface area contributed by atoms with Crippen LogP contribution in [0.3, 0.4) is 0 Å². The van der Waals surface area contributed by atoms with Crippen LogP contribution in [0, 0.1) is 0 Å². The fourth-order valence-electron chi connectivity index (χ4n) is 2.70. The molecule has 0 aliphatic rings. The monoisotopic (exact) mass is 338 g/mol. The minimum atomic E-state index is 0.816. The topological polar surface area (TPSA) is 18.5 Å². The minimum Gasteiger partial charge on any atom is -0.457 e. The first-order valence-corrected chi connectivity index (χ1v) is 8.53. The molecule has 2 heteroatoms. The minimum absolute atomic E-state index is 0.816. The van der Waals surface area contributed by atoms with Gasteiger partial charge in [0.05, 0.1) is 0 Å². The highest BCUT2D eigenvalue weighted by Gasteiger charge is 2.03. The summed E-state index contributed by atoms with van der Waals surface area (Å²) in [4.78, 5) is 0. The van der Waals surface area contributed by atoms with E-state index < -0.39 is 0 Å². The lowest BCUT2D eigenvalue weighted by Gasteiger charge is -2.09. The van der Waals surface area contributed by atoms with Gasteiger partial charge in [-0.05, 0) is 59.7 Å². The predicted octanol–water partition coefficient (Wildman–Crippen LogP) is 6.94. The van der Waals surface area contributed by atoms with Crippen molar-refractivity contribution in [3.63, 3.8) is 0 Å². The van der Waals surface area contributed by atoms with E-state index >= 15 is 0 Å². The zero-order chi connectivity index (χ0) is 17.6. The van der Waals surface area contributed by atoms with Gasteiger partial charge in [0.15, 0.2) is 0 Å². The van der Waals surface area contributed by atoms with Gasteiger partial charge in [-0.1, -0.05) is 60.7 Å². The van der Waals surface area contributed by atoms with Crippen molar-refractivity contribution in [1.29, 1.82) is 0 Å². The van der Waals surface area contributed by atoms with Crippen molar-refractivity contribution in [2.45, 2.75) is 0 Å². The Hall–Kier alpha value is -3.52. The molecule has 0 saturated heterocycles.